The molecule has 0 aromatic rings. The summed E-state index contributed by atoms with van der Waals surface area (Å²) in [6.45, 7) is 5.82. The lowest BCUT2D eigenvalue weighted by molar-refractivity contribution is 0.0650. The fourth-order valence-corrected chi connectivity index (χ4v) is 1.08. The van der Waals surface area contributed by atoms with Crippen molar-refractivity contribution in [2.75, 3.05) is 0 Å². The molecule has 0 bridgehead atoms. The van der Waals surface area contributed by atoms with Crippen LogP contribution in [0.5, 0.6) is 0 Å². The van der Waals surface area contributed by atoms with E-state index >= 15 is 0 Å². The highest BCUT2D eigenvalue weighted by Crippen LogP contribution is 2.02. The summed E-state index contributed by atoms with van der Waals surface area (Å²) in [5.74, 6) is 0. The Kier molecular flexibility index (Phi) is 6.34. The Morgan fingerprint density at radius 2 is 1.83 bits per heavy atom. The highest BCUT2D eigenvalue weighted by Gasteiger charge is 2.14. The third-order valence-corrected chi connectivity index (χ3v) is 2.00. The van der Waals surface area contributed by atoms with Crippen molar-refractivity contribution in [1.82, 2.24) is 5.32 Å². The topological polar surface area (TPSA) is 52.5 Å². The van der Waals surface area contributed by atoms with Crippen LogP contribution in [0, 0.1) is 0 Å². The fourth-order valence-electron chi connectivity index (χ4n) is 1.08. The van der Waals surface area contributed by atoms with E-state index in [4.69, 9.17) is 0 Å². The van der Waals surface area contributed by atoms with Crippen LogP contribution in [-0.4, -0.2) is 28.6 Å². The Labute approximate surface area is 74.8 Å². The minimum absolute atomic E-state index is 0.0279. The van der Waals surface area contributed by atoms with Gasteiger partial charge in [-0.05, 0) is 19.8 Å². The molecule has 0 aliphatic rings. The highest BCUT2D eigenvalue weighted by molar-refractivity contribution is 4.71. The lowest BCUT2D eigenvalue weighted by Gasteiger charge is -2.22. The van der Waals surface area contributed by atoms with Crippen molar-refractivity contribution in [2.45, 2.75) is 58.4 Å². The summed E-state index contributed by atoms with van der Waals surface area (Å²) < 4.78 is 0. The number of hydrogen-bond acceptors (Lipinski definition) is 3. The van der Waals surface area contributed by atoms with Crippen LogP contribution >= 0.6 is 0 Å². The second-order valence-electron chi connectivity index (χ2n) is 3.24. The van der Waals surface area contributed by atoms with Crippen LogP contribution in [0.1, 0.15) is 40.0 Å². The minimum atomic E-state index is -0.494. The summed E-state index contributed by atoms with van der Waals surface area (Å²) in [5, 5.41) is 21.6. The molecular weight excluding hydrogens is 154 g/mol. The second kappa shape index (κ2) is 6.40. The van der Waals surface area contributed by atoms with Gasteiger partial charge in [-0.25, -0.2) is 0 Å². The first kappa shape index (κ1) is 11.9. The molecule has 74 valence electrons. The first-order valence-electron chi connectivity index (χ1n) is 4.74. The molecule has 0 fully saturated rings. The molecular formula is C9H21NO2. The zero-order valence-corrected chi connectivity index (χ0v) is 8.25. The molecule has 0 saturated heterocycles. The molecule has 0 radical (unpaired) electrons. The van der Waals surface area contributed by atoms with Crippen LogP contribution < -0.4 is 5.32 Å². The van der Waals surface area contributed by atoms with Crippen molar-refractivity contribution >= 4 is 0 Å². The van der Waals surface area contributed by atoms with Gasteiger partial charge in [-0.2, -0.15) is 0 Å². The largest absolute Gasteiger partial charge is 0.392 e. The predicted molar refractivity (Wildman–Crippen MR) is 49.8 cm³/mol. The monoisotopic (exact) mass is 175 g/mol. The Hall–Kier alpha value is -0.120. The molecule has 12 heavy (non-hydrogen) atoms. The van der Waals surface area contributed by atoms with Gasteiger partial charge in [0.1, 0.15) is 6.23 Å². The molecule has 0 saturated carbocycles. The van der Waals surface area contributed by atoms with Crippen molar-refractivity contribution in [3.8, 4) is 0 Å². The molecule has 3 N–H and O–H groups in total. The van der Waals surface area contributed by atoms with Crippen molar-refractivity contribution < 1.29 is 10.2 Å². The third-order valence-electron chi connectivity index (χ3n) is 2.00. The number of aliphatic hydroxyl groups is 2. The van der Waals surface area contributed by atoms with Gasteiger partial charge in [-0.15, -0.1) is 0 Å². The van der Waals surface area contributed by atoms with Crippen molar-refractivity contribution in [1.29, 1.82) is 0 Å². The quantitative estimate of drug-likeness (QED) is 0.525. The Balaban J connectivity index is 3.62. The molecule has 0 aromatic carbocycles. The van der Waals surface area contributed by atoms with Gasteiger partial charge in [-0.1, -0.05) is 20.3 Å². The van der Waals surface area contributed by atoms with Crippen molar-refractivity contribution in [3.05, 3.63) is 0 Å². The molecule has 3 nitrogen and oxygen atoms in total. The van der Waals surface area contributed by atoms with Gasteiger partial charge in [0.25, 0.3) is 0 Å². The van der Waals surface area contributed by atoms with Crippen LogP contribution in [0.25, 0.3) is 0 Å². The standard InChI is InChI=1S/C9H21NO2/c1-4-6-8(11)7(3)10-9(12)5-2/h7-12H,4-6H2,1-3H3. The number of rotatable bonds is 6. The van der Waals surface area contributed by atoms with Gasteiger partial charge >= 0.3 is 0 Å². The summed E-state index contributed by atoms with van der Waals surface area (Å²) in [6, 6.07) is -0.0279. The fraction of sp³-hybridized carbons (Fsp3) is 1.00. The average molecular weight is 175 g/mol. The van der Waals surface area contributed by atoms with Gasteiger partial charge < -0.3 is 10.2 Å². The van der Waals surface area contributed by atoms with Gasteiger partial charge in [0, 0.05) is 6.04 Å². The highest BCUT2D eigenvalue weighted by atomic mass is 16.3. The van der Waals surface area contributed by atoms with E-state index < -0.39 is 6.23 Å². The maximum atomic E-state index is 9.49. The third kappa shape index (κ3) is 4.70. The normalized spacial score (nSPS) is 18.8. The van der Waals surface area contributed by atoms with Gasteiger partial charge in [0.15, 0.2) is 0 Å². The van der Waals surface area contributed by atoms with Crippen molar-refractivity contribution in [2.24, 2.45) is 0 Å². The van der Waals surface area contributed by atoms with E-state index in [1.54, 1.807) is 0 Å². The lowest BCUT2D eigenvalue weighted by atomic mass is 10.1. The maximum Gasteiger partial charge on any atom is 0.104 e. The molecule has 3 atom stereocenters. The number of hydrogen-bond donors (Lipinski definition) is 3. The van der Waals surface area contributed by atoms with E-state index in [9.17, 15) is 10.2 Å². The van der Waals surface area contributed by atoms with Crippen LogP contribution in [0.2, 0.25) is 0 Å². The first-order valence-corrected chi connectivity index (χ1v) is 4.74. The SMILES string of the molecule is CCCC(O)C(C)NC(O)CC. The zero-order chi connectivity index (χ0) is 9.56. The molecule has 0 aliphatic heterocycles. The van der Waals surface area contributed by atoms with Crippen LogP contribution in [-0.2, 0) is 0 Å². The number of nitrogens with one attached hydrogen (secondary N) is 1. The van der Waals surface area contributed by atoms with E-state index in [0.717, 1.165) is 12.8 Å². The summed E-state index contributed by atoms with van der Waals surface area (Å²) in [5.41, 5.74) is 0. The van der Waals surface area contributed by atoms with Crippen molar-refractivity contribution in [3.63, 3.8) is 0 Å². The van der Waals surface area contributed by atoms with E-state index in [2.05, 4.69) is 5.32 Å². The summed E-state index contributed by atoms with van der Waals surface area (Å²) in [6.07, 6.45) is 1.58. The van der Waals surface area contributed by atoms with E-state index in [1.165, 1.54) is 0 Å². The average Bonchev–Trinajstić information content (AvgIpc) is 2.04. The van der Waals surface area contributed by atoms with Crippen LogP contribution in [0.4, 0.5) is 0 Å². The van der Waals surface area contributed by atoms with Gasteiger partial charge in [-0.3, -0.25) is 5.32 Å². The van der Waals surface area contributed by atoms with Crippen LogP contribution in [0.3, 0.4) is 0 Å². The molecule has 0 spiro atoms. The zero-order valence-electron chi connectivity index (χ0n) is 8.25. The smallest absolute Gasteiger partial charge is 0.104 e. The first-order chi connectivity index (χ1) is 5.61. The van der Waals surface area contributed by atoms with E-state index in [0.29, 0.717) is 6.42 Å². The summed E-state index contributed by atoms with van der Waals surface area (Å²) >= 11 is 0. The lowest BCUT2D eigenvalue weighted by Crippen LogP contribution is -2.43. The predicted octanol–water partition coefficient (Wildman–Crippen LogP) is 0.854. The molecule has 0 rings (SSSR count). The number of aliphatic hydroxyl groups excluding tert-OH is 2. The summed E-state index contributed by atoms with van der Waals surface area (Å²) in [4.78, 5) is 0. The van der Waals surface area contributed by atoms with E-state index in [-0.39, 0.29) is 12.1 Å². The summed E-state index contributed by atoms with van der Waals surface area (Å²) in [7, 11) is 0. The molecule has 0 aliphatic carbocycles. The molecule has 3 heteroatoms. The molecule has 0 heterocycles. The second-order valence-corrected chi connectivity index (χ2v) is 3.24. The maximum absolute atomic E-state index is 9.49. The molecule has 3 unspecified atom stereocenters. The van der Waals surface area contributed by atoms with E-state index in [1.807, 2.05) is 20.8 Å². The van der Waals surface area contributed by atoms with Gasteiger partial charge in [0.05, 0.1) is 6.10 Å². The Bertz CT molecular complexity index is 109. The minimum Gasteiger partial charge on any atom is -0.392 e. The molecule has 0 aromatic heterocycles. The Morgan fingerprint density at radius 3 is 2.25 bits per heavy atom. The Morgan fingerprint density at radius 1 is 1.25 bits per heavy atom. The molecule has 0 amide bonds. The van der Waals surface area contributed by atoms with Crippen LogP contribution in [0.15, 0.2) is 0 Å². The van der Waals surface area contributed by atoms with Gasteiger partial charge in [0.2, 0.25) is 0 Å².